The Morgan fingerprint density at radius 3 is 1.94 bits per heavy atom. The molecule has 2 heterocycles. The van der Waals surface area contributed by atoms with Gasteiger partial charge in [-0.05, 0) is 52.0 Å². The predicted molar refractivity (Wildman–Crippen MR) is 111 cm³/mol. The Balaban J connectivity index is 1.42. The first kappa shape index (κ1) is 21.5. The number of aryl methyl sites for hydroxylation is 2. The fraction of sp³-hybridized carbons (Fsp3) is 0.417. The molecule has 0 radical (unpaired) electrons. The van der Waals surface area contributed by atoms with Crippen molar-refractivity contribution >= 4 is 11.9 Å². The average Bonchev–Trinajstić information content (AvgIpc) is 3.20. The summed E-state index contributed by atoms with van der Waals surface area (Å²) in [5.41, 5.74) is 2.96. The molecule has 2 fully saturated rings. The summed E-state index contributed by atoms with van der Waals surface area (Å²) in [7, 11) is 0. The fourth-order valence-electron chi connectivity index (χ4n) is 3.67. The number of benzene rings is 2. The van der Waals surface area contributed by atoms with Crippen LogP contribution in [-0.2, 0) is 23.7 Å². The van der Waals surface area contributed by atoms with Crippen molar-refractivity contribution in [2.45, 2.75) is 58.1 Å². The summed E-state index contributed by atoms with van der Waals surface area (Å²) in [6.45, 7) is 7.39. The van der Waals surface area contributed by atoms with E-state index in [1.807, 2.05) is 38.1 Å². The van der Waals surface area contributed by atoms with E-state index < -0.39 is 42.3 Å². The lowest BCUT2D eigenvalue weighted by Crippen LogP contribution is -2.33. The van der Waals surface area contributed by atoms with Gasteiger partial charge in [-0.15, -0.1) is 0 Å². The summed E-state index contributed by atoms with van der Waals surface area (Å²) >= 11 is 0. The van der Waals surface area contributed by atoms with Crippen LogP contribution in [0.2, 0.25) is 0 Å². The molecule has 0 bridgehead atoms. The maximum atomic E-state index is 12.6. The van der Waals surface area contributed by atoms with E-state index >= 15 is 0 Å². The molecule has 31 heavy (non-hydrogen) atoms. The van der Waals surface area contributed by atoms with Gasteiger partial charge in [-0.2, -0.15) is 0 Å². The fourth-order valence-corrected chi connectivity index (χ4v) is 3.67. The molecular formula is C24H26O7. The normalized spacial score (nSPS) is 26.3. The van der Waals surface area contributed by atoms with Crippen molar-refractivity contribution in [1.82, 2.24) is 0 Å². The van der Waals surface area contributed by atoms with E-state index in [0.29, 0.717) is 11.1 Å². The Morgan fingerprint density at radius 1 is 0.839 bits per heavy atom. The zero-order valence-corrected chi connectivity index (χ0v) is 18.0. The molecule has 2 aromatic carbocycles. The van der Waals surface area contributed by atoms with Crippen LogP contribution in [0.4, 0.5) is 0 Å². The molecule has 0 aliphatic carbocycles. The van der Waals surface area contributed by atoms with Crippen molar-refractivity contribution < 1.29 is 33.3 Å². The molecule has 0 aromatic heterocycles. The minimum absolute atomic E-state index is 0.0497. The molecule has 2 saturated heterocycles. The number of fused-ring (bicyclic) bond motifs is 1. The highest BCUT2D eigenvalue weighted by Gasteiger charge is 2.57. The summed E-state index contributed by atoms with van der Waals surface area (Å²) < 4.78 is 28.7. The summed E-state index contributed by atoms with van der Waals surface area (Å²) in [6, 6.07) is 14.2. The third kappa shape index (κ3) is 4.79. The van der Waals surface area contributed by atoms with E-state index in [1.165, 1.54) is 0 Å². The molecule has 2 aliphatic heterocycles. The largest absolute Gasteiger partial charge is 0.459 e. The van der Waals surface area contributed by atoms with E-state index in [1.54, 1.807) is 38.1 Å². The molecule has 0 saturated carbocycles. The Hall–Kier alpha value is -2.74. The highest BCUT2D eigenvalue weighted by molar-refractivity contribution is 5.90. The topological polar surface area (TPSA) is 80.3 Å². The van der Waals surface area contributed by atoms with Gasteiger partial charge in [-0.3, -0.25) is 0 Å². The first-order valence-electron chi connectivity index (χ1n) is 10.2. The molecular weight excluding hydrogens is 400 g/mol. The maximum absolute atomic E-state index is 12.6. The first-order chi connectivity index (χ1) is 14.7. The summed E-state index contributed by atoms with van der Waals surface area (Å²) in [6.07, 6.45) is -2.75. The van der Waals surface area contributed by atoms with Crippen LogP contribution >= 0.6 is 0 Å². The van der Waals surface area contributed by atoms with Crippen LogP contribution in [0.1, 0.15) is 45.7 Å². The predicted octanol–water partition coefficient (Wildman–Crippen LogP) is 3.56. The Kier molecular flexibility index (Phi) is 5.83. The van der Waals surface area contributed by atoms with Crippen LogP contribution < -0.4 is 0 Å². The summed E-state index contributed by atoms with van der Waals surface area (Å²) in [4.78, 5) is 24.9. The minimum Gasteiger partial charge on any atom is -0.459 e. The third-order valence-electron chi connectivity index (χ3n) is 5.28. The van der Waals surface area contributed by atoms with Crippen molar-refractivity contribution in [3.05, 3.63) is 70.8 Å². The van der Waals surface area contributed by atoms with Gasteiger partial charge in [0.1, 0.15) is 18.8 Å². The Labute approximate surface area is 181 Å². The molecule has 0 amide bonds. The third-order valence-corrected chi connectivity index (χ3v) is 5.28. The van der Waals surface area contributed by atoms with Crippen LogP contribution in [0.25, 0.3) is 0 Å². The molecule has 164 valence electrons. The number of carbonyl (C=O) groups is 2. The van der Waals surface area contributed by atoms with Gasteiger partial charge in [0, 0.05) is 0 Å². The van der Waals surface area contributed by atoms with Crippen LogP contribution in [-0.4, -0.2) is 48.9 Å². The second-order valence-electron chi connectivity index (χ2n) is 8.34. The average molecular weight is 426 g/mol. The van der Waals surface area contributed by atoms with Gasteiger partial charge in [0.15, 0.2) is 11.9 Å². The van der Waals surface area contributed by atoms with Crippen molar-refractivity contribution in [3.63, 3.8) is 0 Å². The molecule has 2 aliphatic rings. The van der Waals surface area contributed by atoms with E-state index in [9.17, 15) is 9.59 Å². The zero-order valence-electron chi connectivity index (χ0n) is 18.0. The molecule has 0 N–H and O–H groups in total. The highest BCUT2D eigenvalue weighted by Crippen LogP contribution is 2.39. The van der Waals surface area contributed by atoms with Crippen molar-refractivity contribution in [1.29, 1.82) is 0 Å². The quantitative estimate of drug-likeness (QED) is 0.676. The second kappa shape index (κ2) is 8.42. The van der Waals surface area contributed by atoms with Gasteiger partial charge in [-0.25, -0.2) is 9.59 Å². The number of ether oxygens (including phenoxy) is 5. The lowest BCUT2D eigenvalue weighted by atomic mass is 10.1. The van der Waals surface area contributed by atoms with Gasteiger partial charge in [0.25, 0.3) is 0 Å². The van der Waals surface area contributed by atoms with Gasteiger partial charge >= 0.3 is 11.9 Å². The van der Waals surface area contributed by atoms with Crippen molar-refractivity contribution in [2.75, 3.05) is 6.61 Å². The molecule has 0 spiro atoms. The SMILES string of the molecule is Cc1ccc(C(=O)OC[C@H]2O[C@@H](OC(=O)c3ccc(C)cc3)[C@@H]3OC(C)(C)O[C@@H]32)cc1. The van der Waals surface area contributed by atoms with Crippen molar-refractivity contribution in [3.8, 4) is 0 Å². The Morgan fingerprint density at radius 2 is 1.35 bits per heavy atom. The Bertz CT molecular complexity index is 949. The van der Waals surface area contributed by atoms with Gasteiger partial charge in [-0.1, -0.05) is 35.4 Å². The van der Waals surface area contributed by atoms with E-state index in [-0.39, 0.29) is 6.61 Å². The van der Waals surface area contributed by atoms with E-state index in [0.717, 1.165) is 11.1 Å². The number of carbonyl (C=O) groups excluding carboxylic acids is 2. The number of hydrogen-bond donors (Lipinski definition) is 0. The maximum Gasteiger partial charge on any atom is 0.340 e. The van der Waals surface area contributed by atoms with Gasteiger partial charge < -0.3 is 23.7 Å². The first-order valence-corrected chi connectivity index (χ1v) is 10.2. The second-order valence-corrected chi connectivity index (χ2v) is 8.34. The number of hydrogen-bond acceptors (Lipinski definition) is 7. The molecule has 4 atom stereocenters. The van der Waals surface area contributed by atoms with E-state index in [2.05, 4.69) is 0 Å². The zero-order chi connectivity index (χ0) is 22.2. The number of esters is 2. The van der Waals surface area contributed by atoms with Crippen LogP contribution in [0.15, 0.2) is 48.5 Å². The van der Waals surface area contributed by atoms with Crippen LogP contribution in [0.5, 0.6) is 0 Å². The number of rotatable bonds is 5. The molecule has 2 aromatic rings. The molecule has 7 heteroatoms. The smallest absolute Gasteiger partial charge is 0.340 e. The lowest BCUT2D eigenvalue weighted by Gasteiger charge is -2.24. The van der Waals surface area contributed by atoms with Gasteiger partial charge in [0.2, 0.25) is 6.29 Å². The lowest BCUT2D eigenvalue weighted by molar-refractivity contribution is -0.223. The van der Waals surface area contributed by atoms with Gasteiger partial charge in [0.05, 0.1) is 11.1 Å². The summed E-state index contributed by atoms with van der Waals surface area (Å²) in [5, 5.41) is 0. The standard InChI is InChI=1S/C24H26O7/c1-14-5-9-16(10-6-14)21(25)27-13-18-19-20(31-24(3,4)30-19)23(28-18)29-22(26)17-11-7-15(2)8-12-17/h5-12,18-20,23H,13H2,1-4H3/t18-,19-,20-,23+/m1/s1. The van der Waals surface area contributed by atoms with Crippen LogP contribution in [0, 0.1) is 13.8 Å². The molecule has 0 unspecified atom stereocenters. The van der Waals surface area contributed by atoms with E-state index in [4.69, 9.17) is 23.7 Å². The van der Waals surface area contributed by atoms with Crippen LogP contribution in [0.3, 0.4) is 0 Å². The molecule has 4 rings (SSSR count). The summed E-state index contributed by atoms with van der Waals surface area (Å²) in [5.74, 6) is -1.85. The highest BCUT2D eigenvalue weighted by atomic mass is 16.8. The minimum atomic E-state index is -0.969. The molecule has 7 nitrogen and oxygen atoms in total. The van der Waals surface area contributed by atoms with Crippen molar-refractivity contribution in [2.24, 2.45) is 0 Å². The monoisotopic (exact) mass is 426 g/mol.